The van der Waals surface area contributed by atoms with E-state index in [9.17, 15) is 14.4 Å². The molecule has 0 bridgehead atoms. The van der Waals surface area contributed by atoms with E-state index in [0.717, 1.165) is 11.1 Å². The third kappa shape index (κ3) is 5.87. The molecule has 0 aliphatic rings. The highest BCUT2D eigenvalue weighted by atomic mass is 79.9. The summed E-state index contributed by atoms with van der Waals surface area (Å²) in [6.07, 6.45) is 1.38. The molecule has 0 aliphatic carbocycles. The number of carbonyl (C=O) groups is 3. The van der Waals surface area contributed by atoms with Crippen LogP contribution in [0.25, 0.3) is 0 Å². The predicted molar refractivity (Wildman–Crippen MR) is 128 cm³/mol. The zero-order chi connectivity index (χ0) is 24.0. The third-order valence-corrected chi connectivity index (χ3v) is 5.60. The van der Waals surface area contributed by atoms with Crippen molar-refractivity contribution in [3.8, 4) is 11.5 Å². The Morgan fingerprint density at radius 1 is 0.667 bits per heavy atom. The van der Waals surface area contributed by atoms with Crippen LogP contribution in [0.15, 0.2) is 65.1 Å². The minimum atomic E-state index is -0.643. The topological polar surface area (TPSA) is 78.9 Å². The van der Waals surface area contributed by atoms with Gasteiger partial charge in [-0.3, -0.25) is 9.59 Å². The molecule has 3 aromatic rings. The highest BCUT2D eigenvalue weighted by Gasteiger charge is 2.20. The molecule has 0 radical (unpaired) electrons. The molecule has 0 unspecified atom stereocenters. The van der Waals surface area contributed by atoms with Gasteiger partial charge in [-0.15, -0.1) is 0 Å². The highest BCUT2D eigenvalue weighted by Crippen LogP contribution is 2.28. The average Bonchev–Trinajstić information content (AvgIpc) is 2.85. The van der Waals surface area contributed by atoms with Crippen molar-refractivity contribution >= 4 is 33.5 Å². The van der Waals surface area contributed by atoms with Crippen molar-refractivity contribution in [1.82, 2.24) is 0 Å². The molecule has 0 aliphatic heterocycles. The Labute approximate surface area is 200 Å². The SMILES string of the molecule is COC(=O)c1ccc(C(=O)C(=O)c2cc(Br)cc(CCc3ccc(OC)c(OC)c3)c2)cc1. The van der Waals surface area contributed by atoms with Gasteiger partial charge < -0.3 is 14.2 Å². The number of ether oxygens (including phenoxy) is 3. The van der Waals surface area contributed by atoms with Crippen LogP contribution in [0, 0.1) is 0 Å². The van der Waals surface area contributed by atoms with Crippen LogP contribution >= 0.6 is 15.9 Å². The largest absolute Gasteiger partial charge is 0.493 e. The lowest BCUT2D eigenvalue weighted by Crippen LogP contribution is -2.15. The van der Waals surface area contributed by atoms with Gasteiger partial charge in [-0.05, 0) is 66.4 Å². The lowest BCUT2D eigenvalue weighted by Gasteiger charge is -2.10. The minimum Gasteiger partial charge on any atom is -0.493 e. The molecular formula is C26H23BrO6. The van der Waals surface area contributed by atoms with Gasteiger partial charge in [0.15, 0.2) is 11.5 Å². The second kappa shape index (κ2) is 10.9. The maximum absolute atomic E-state index is 12.9. The summed E-state index contributed by atoms with van der Waals surface area (Å²) in [7, 11) is 4.46. The second-order valence-corrected chi connectivity index (χ2v) is 8.18. The molecule has 0 atom stereocenters. The van der Waals surface area contributed by atoms with E-state index < -0.39 is 17.5 Å². The number of esters is 1. The van der Waals surface area contributed by atoms with Gasteiger partial charge in [-0.25, -0.2) is 4.79 Å². The Kier molecular flexibility index (Phi) is 8.01. The lowest BCUT2D eigenvalue weighted by molar-refractivity contribution is 0.0600. The average molecular weight is 511 g/mol. The maximum Gasteiger partial charge on any atom is 0.337 e. The quantitative estimate of drug-likeness (QED) is 0.226. The van der Waals surface area contributed by atoms with E-state index in [1.807, 2.05) is 24.3 Å². The molecule has 0 saturated heterocycles. The first-order valence-corrected chi connectivity index (χ1v) is 10.9. The van der Waals surface area contributed by atoms with E-state index in [-0.39, 0.29) is 5.56 Å². The van der Waals surface area contributed by atoms with E-state index in [2.05, 4.69) is 20.7 Å². The Balaban J connectivity index is 1.76. The second-order valence-electron chi connectivity index (χ2n) is 7.26. The van der Waals surface area contributed by atoms with Crippen LogP contribution in [-0.2, 0) is 17.6 Å². The molecule has 0 spiro atoms. The van der Waals surface area contributed by atoms with Crippen LogP contribution in [0.4, 0.5) is 0 Å². The van der Waals surface area contributed by atoms with Gasteiger partial charge in [0.2, 0.25) is 11.6 Å². The smallest absolute Gasteiger partial charge is 0.337 e. The molecule has 0 N–H and O–H groups in total. The Morgan fingerprint density at radius 2 is 1.27 bits per heavy atom. The van der Waals surface area contributed by atoms with Gasteiger partial charge in [-0.1, -0.05) is 34.1 Å². The summed E-state index contributed by atoms with van der Waals surface area (Å²) in [6, 6.07) is 16.8. The van der Waals surface area contributed by atoms with Crippen molar-refractivity contribution in [2.75, 3.05) is 21.3 Å². The van der Waals surface area contributed by atoms with Gasteiger partial charge in [0.25, 0.3) is 0 Å². The molecule has 0 heterocycles. The third-order valence-electron chi connectivity index (χ3n) is 5.14. The van der Waals surface area contributed by atoms with Crippen LogP contribution in [0.3, 0.4) is 0 Å². The highest BCUT2D eigenvalue weighted by molar-refractivity contribution is 9.10. The summed E-state index contributed by atoms with van der Waals surface area (Å²) in [6.45, 7) is 0. The van der Waals surface area contributed by atoms with Gasteiger partial charge in [0.05, 0.1) is 26.9 Å². The number of hydrogen-bond acceptors (Lipinski definition) is 6. The fourth-order valence-corrected chi connectivity index (χ4v) is 3.93. The number of benzene rings is 3. The molecule has 0 saturated carbocycles. The number of rotatable bonds is 9. The molecular weight excluding hydrogens is 488 g/mol. The van der Waals surface area contributed by atoms with Gasteiger partial charge in [0.1, 0.15) is 0 Å². The Bertz CT molecular complexity index is 1180. The standard InChI is InChI=1S/C26H23BrO6/c1-31-22-11-6-16(14-23(22)32-2)4-5-17-12-20(15-21(27)13-17)25(29)24(28)18-7-9-19(10-8-18)26(30)33-3/h6-15H,4-5H2,1-3H3. The first-order chi connectivity index (χ1) is 15.9. The van der Waals surface area contributed by atoms with Gasteiger partial charge in [-0.2, -0.15) is 0 Å². The number of ketones is 2. The van der Waals surface area contributed by atoms with Gasteiger partial charge >= 0.3 is 5.97 Å². The van der Waals surface area contributed by atoms with Crippen molar-refractivity contribution in [1.29, 1.82) is 0 Å². The molecule has 3 rings (SSSR count). The molecule has 0 amide bonds. The molecule has 6 nitrogen and oxygen atoms in total. The Morgan fingerprint density at radius 3 is 1.91 bits per heavy atom. The monoisotopic (exact) mass is 510 g/mol. The summed E-state index contributed by atoms with van der Waals surface area (Å²) in [5.74, 6) is -0.449. The predicted octanol–water partition coefficient (Wildman–Crippen LogP) is 5.10. The molecule has 33 heavy (non-hydrogen) atoms. The first-order valence-electron chi connectivity index (χ1n) is 10.1. The fraction of sp³-hybridized carbons (Fsp3) is 0.192. The number of aryl methyl sites for hydroxylation is 2. The van der Waals surface area contributed by atoms with Crippen molar-refractivity contribution in [2.45, 2.75) is 12.8 Å². The molecule has 170 valence electrons. The van der Waals surface area contributed by atoms with E-state index in [4.69, 9.17) is 9.47 Å². The van der Waals surface area contributed by atoms with Crippen LogP contribution in [-0.4, -0.2) is 38.9 Å². The summed E-state index contributed by atoms with van der Waals surface area (Å²) < 4.78 is 16.0. The molecule has 3 aromatic carbocycles. The van der Waals surface area contributed by atoms with Crippen molar-refractivity contribution in [2.24, 2.45) is 0 Å². The van der Waals surface area contributed by atoms with Crippen molar-refractivity contribution in [3.05, 3.63) is 93.0 Å². The first kappa shape index (κ1) is 24.2. The summed E-state index contributed by atoms with van der Waals surface area (Å²) in [5.41, 5.74) is 2.79. The van der Waals surface area contributed by atoms with E-state index in [0.29, 0.717) is 39.9 Å². The maximum atomic E-state index is 12.9. The van der Waals surface area contributed by atoms with E-state index in [1.54, 1.807) is 26.4 Å². The fourth-order valence-electron chi connectivity index (χ4n) is 3.39. The van der Waals surface area contributed by atoms with E-state index in [1.165, 1.54) is 31.4 Å². The zero-order valence-corrected chi connectivity index (χ0v) is 20.1. The van der Waals surface area contributed by atoms with Crippen molar-refractivity contribution < 1.29 is 28.6 Å². The minimum absolute atomic E-state index is 0.208. The van der Waals surface area contributed by atoms with Crippen molar-refractivity contribution in [3.63, 3.8) is 0 Å². The van der Waals surface area contributed by atoms with E-state index >= 15 is 0 Å². The van der Waals surface area contributed by atoms with Crippen LogP contribution < -0.4 is 9.47 Å². The number of halogens is 1. The lowest BCUT2D eigenvalue weighted by atomic mass is 9.97. The molecule has 0 fully saturated rings. The summed E-state index contributed by atoms with van der Waals surface area (Å²) in [4.78, 5) is 37.1. The summed E-state index contributed by atoms with van der Waals surface area (Å²) in [5, 5.41) is 0. The van der Waals surface area contributed by atoms with Gasteiger partial charge in [0, 0.05) is 15.6 Å². The normalized spacial score (nSPS) is 10.4. The number of hydrogen-bond donors (Lipinski definition) is 0. The summed E-state index contributed by atoms with van der Waals surface area (Å²) >= 11 is 3.44. The zero-order valence-electron chi connectivity index (χ0n) is 18.5. The Hall–Kier alpha value is -3.45. The van der Waals surface area contributed by atoms with Crippen LogP contribution in [0.5, 0.6) is 11.5 Å². The van der Waals surface area contributed by atoms with Crippen LogP contribution in [0.2, 0.25) is 0 Å². The van der Waals surface area contributed by atoms with Crippen LogP contribution in [0.1, 0.15) is 42.2 Å². The molecule has 0 aromatic heterocycles. The number of Topliss-reactive ketones (excluding diaryl/α,β-unsaturated/α-hetero) is 2. The number of carbonyl (C=O) groups excluding carboxylic acids is 3. The number of methoxy groups -OCH3 is 3. The molecule has 7 heteroatoms.